The van der Waals surface area contributed by atoms with Crippen LogP contribution in [0.25, 0.3) is 11.3 Å². The second-order valence-electron chi connectivity index (χ2n) is 5.52. The van der Waals surface area contributed by atoms with Crippen LogP contribution in [-0.4, -0.2) is 38.5 Å². The maximum absolute atomic E-state index is 12.1. The number of carbonyl (C=O) groups excluding carboxylic acids is 1. The highest BCUT2D eigenvalue weighted by Gasteiger charge is 2.14. The second kappa shape index (κ2) is 8.83. The summed E-state index contributed by atoms with van der Waals surface area (Å²) in [4.78, 5) is 16.6. The fraction of sp³-hybridized carbons (Fsp3) is 0.222. The standard InChI is InChI=1S/C18H19N5O2S2/c1-4-9-23-15(13-5-7-14(25-3)8-6-13)10-19-18(23)26-11-16(24)20-17-22-21-12(2)27-17/h4-8,10H,1,9,11H2,2-3H3,(H,20,22,24). The number of benzene rings is 1. The van der Waals surface area contributed by atoms with Gasteiger partial charge in [-0.3, -0.25) is 10.1 Å². The summed E-state index contributed by atoms with van der Waals surface area (Å²) >= 11 is 2.71. The van der Waals surface area contributed by atoms with Gasteiger partial charge >= 0.3 is 0 Å². The zero-order chi connectivity index (χ0) is 19.2. The fourth-order valence-corrected chi connectivity index (χ4v) is 3.80. The predicted octanol–water partition coefficient (Wildman–Crippen LogP) is 3.64. The zero-order valence-electron chi connectivity index (χ0n) is 15.0. The van der Waals surface area contributed by atoms with Gasteiger partial charge in [0.25, 0.3) is 0 Å². The molecule has 0 unspecified atom stereocenters. The number of methoxy groups -OCH3 is 1. The molecule has 1 amide bonds. The second-order valence-corrected chi connectivity index (χ2v) is 7.64. The van der Waals surface area contributed by atoms with Crippen LogP contribution in [0, 0.1) is 6.92 Å². The minimum atomic E-state index is -0.143. The summed E-state index contributed by atoms with van der Waals surface area (Å²) in [5, 5.41) is 12.6. The molecule has 1 aromatic carbocycles. The summed E-state index contributed by atoms with van der Waals surface area (Å²) in [5.74, 6) is 0.886. The van der Waals surface area contributed by atoms with Gasteiger partial charge in [-0.2, -0.15) is 0 Å². The molecule has 27 heavy (non-hydrogen) atoms. The molecule has 0 aliphatic heterocycles. The van der Waals surface area contributed by atoms with Crippen LogP contribution < -0.4 is 10.1 Å². The Morgan fingerprint density at radius 1 is 1.37 bits per heavy atom. The molecular formula is C18H19N5O2S2. The van der Waals surface area contributed by atoms with Crippen molar-refractivity contribution in [3.8, 4) is 17.0 Å². The number of thioether (sulfide) groups is 1. The average molecular weight is 402 g/mol. The Bertz CT molecular complexity index is 934. The molecule has 0 fully saturated rings. The Balaban J connectivity index is 1.72. The van der Waals surface area contributed by atoms with Gasteiger partial charge < -0.3 is 9.30 Å². The summed E-state index contributed by atoms with van der Waals surface area (Å²) < 4.78 is 7.24. The number of hydrogen-bond acceptors (Lipinski definition) is 7. The van der Waals surface area contributed by atoms with Crippen molar-refractivity contribution in [1.29, 1.82) is 0 Å². The number of imidazole rings is 1. The van der Waals surface area contributed by atoms with Crippen LogP contribution in [0.1, 0.15) is 5.01 Å². The van der Waals surface area contributed by atoms with E-state index < -0.39 is 0 Å². The molecule has 140 valence electrons. The number of carbonyl (C=O) groups is 1. The summed E-state index contributed by atoms with van der Waals surface area (Å²) in [6, 6.07) is 7.78. The number of nitrogens with zero attached hydrogens (tertiary/aromatic N) is 4. The van der Waals surface area contributed by atoms with E-state index >= 15 is 0 Å². The van der Waals surface area contributed by atoms with E-state index in [1.54, 1.807) is 13.3 Å². The van der Waals surface area contributed by atoms with Crippen molar-refractivity contribution in [1.82, 2.24) is 19.7 Å². The molecule has 3 rings (SSSR count). The van der Waals surface area contributed by atoms with Gasteiger partial charge in [0.2, 0.25) is 11.0 Å². The van der Waals surface area contributed by atoms with E-state index in [1.165, 1.54) is 23.1 Å². The largest absolute Gasteiger partial charge is 0.497 e. The molecule has 0 radical (unpaired) electrons. The third-order valence-electron chi connectivity index (χ3n) is 3.62. The third-order valence-corrected chi connectivity index (χ3v) is 5.37. The van der Waals surface area contributed by atoms with E-state index in [9.17, 15) is 4.79 Å². The molecule has 0 aliphatic rings. The minimum absolute atomic E-state index is 0.143. The van der Waals surface area contributed by atoms with Crippen molar-refractivity contribution >= 4 is 34.1 Å². The average Bonchev–Trinajstić information content (AvgIpc) is 3.26. The maximum Gasteiger partial charge on any atom is 0.236 e. The van der Waals surface area contributed by atoms with Crippen LogP contribution in [0.2, 0.25) is 0 Å². The number of nitrogens with one attached hydrogen (secondary N) is 1. The summed E-state index contributed by atoms with van der Waals surface area (Å²) in [6.07, 6.45) is 3.61. The molecule has 0 saturated carbocycles. The number of ether oxygens (including phenoxy) is 1. The van der Waals surface area contributed by atoms with E-state index in [4.69, 9.17) is 4.74 Å². The van der Waals surface area contributed by atoms with E-state index in [2.05, 4.69) is 27.1 Å². The van der Waals surface area contributed by atoms with Gasteiger partial charge in [-0.25, -0.2) is 4.98 Å². The highest BCUT2D eigenvalue weighted by Crippen LogP contribution is 2.28. The van der Waals surface area contributed by atoms with Crippen molar-refractivity contribution in [2.24, 2.45) is 0 Å². The van der Waals surface area contributed by atoms with Crippen molar-refractivity contribution in [3.05, 3.63) is 48.1 Å². The Morgan fingerprint density at radius 3 is 2.78 bits per heavy atom. The molecule has 7 nitrogen and oxygen atoms in total. The van der Waals surface area contributed by atoms with Gasteiger partial charge in [0.05, 0.1) is 24.8 Å². The molecule has 3 aromatic rings. The predicted molar refractivity (Wildman–Crippen MR) is 108 cm³/mol. The number of hydrogen-bond donors (Lipinski definition) is 1. The number of aromatic nitrogens is 4. The SMILES string of the molecule is C=CCn1c(-c2ccc(OC)cc2)cnc1SCC(=O)Nc1nnc(C)s1. The highest BCUT2D eigenvalue weighted by molar-refractivity contribution is 7.99. The molecule has 9 heteroatoms. The van der Waals surface area contributed by atoms with Gasteiger partial charge in [-0.1, -0.05) is 29.2 Å². The molecule has 0 spiro atoms. The van der Waals surface area contributed by atoms with Crippen molar-refractivity contribution in [3.63, 3.8) is 0 Å². The molecule has 0 atom stereocenters. The van der Waals surface area contributed by atoms with Crippen LogP contribution >= 0.6 is 23.1 Å². The molecule has 0 bridgehead atoms. The Labute approximate surface area is 165 Å². The summed E-state index contributed by atoms with van der Waals surface area (Å²) in [6.45, 7) is 6.26. The first-order chi connectivity index (χ1) is 13.1. The minimum Gasteiger partial charge on any atom is -0.497 e. The number of aryl methyl sites for hydroxylation is 1. The first-order valence-corrected chi connectivity index (χ1v) is 9.94. The Hall–Kier alpha value is -2.65. The molecule has 2 heterocycles. The molecule has 0 aliphatic carbocycles. The summed E-state index contributed by atoms with van der Waals surface area (Å²) in [5.41, 5.74) is 1.98. The Kier molecular flexibility index (Phi) is 6.25. The van der Waals surface area contributed by atoms with Gasteiger partial charge in [-0.15, -0.1) is 16.8 Å². The van der Waals surface area contributed by atoms with E-state index in [1.807, 2.05) is 41.8 Å². The van der Waals surface area contributed by atoms with Crippen LogP contribution in [0.4, 0.5) is 5.13 Å². The van der Waals surface area contributed by atoms with Gasteiger partial charge in [0.15, 0.2) is 5.16 Å². The van der Waals surface area contributed by atoms with Crippen LogP contribution in [-0.2, 0) is 11.3 Å². The van der Waals surface area contributed by atoms with E-state index in [0.29, 0.717) is 11.7 Å². The first-order valence-electron chi connectivity index (χ1n) is 8.14. The monoisotopic (exact) mass is 401 g/mol. The smallest absolute Gasteiger partial charge is 0.236 e. The molecule has 1 N–H and O–H groups in total. The zero-order valence-corrected chi connectivity index (χ0v) is 16.6. The number of allylic oxidation sites excluding steroid dienone is 1. The maximum atomic E-state index is 12.1. The molecule has 2 aromatic heterocycles. The Morgan fingerprint density at radius 2 is 2.15 bits per heavy atom. The van der Waals surface area contributed by atoms with Crippen LogP contribution in [0.3, 0.4) is 0 Å². The van der Waals surface area contributed by atoms with Gasteiger partial charge in [-0.05, 0) is 31.2 Å². The number of amides is 1. The lowest BCUT2D eigenvalue weighted by atomic mass is 10.1. The van der Waals surface area contributed by atoms with Crippen molar-refractivity contribution in [2.75, 3.05) is 18.2 Å². The quantitative estimate of drug-likeness (QED) is 0.458. The molecule has 0 saturated heterocycles. The lowest BCUT2D eigenvalue weighted by Crippen LogP contribution is -2.14. The lowest BCUT2D eigenvalue weighted by molar-refractivity contribution is -0.113. The molecular weight excluding hydrogens is 382 g/mol. The van der Waals surface area contributed by atoms with Crippen molar-refractivity contribution < 1.29 is 9.53 Å². The van der Waals surface area contributed by atoms with Crippen LogP contribution in [0.15, 0.2) is 48.3 Å². The van der Waals surface area contributed by atoms with Crippen molar-refractivity contribution in [2.45, 2.75) is 18.6 Å². The lowest BCUT2D eigenvalue weighted by Gasteiger charge is -2.10. The summed E-state index contributed by atoms with van der Waals surface area (Å²) in [7, 11) is 1.64. The van der Waals surface area contributed by atoms with E-state index in [-0.39, 0.29) is 11.7 Å². The van der Waals surface area contributed by atoms with Gasteiger partial charge in [0.1, 0.15) is 10.8 Å². The highest BCUT2D eigenvalue weighted by atomic mass is 32.2. The number of anilines is 1. The topological polar surface area (TPSA) is 81.9 Å². The van der Waals surface area contributed by atoms with E-state index in [0.717, 1.165) is 27.2 Å². The normalized spacial score (nSPS) is 10.6. The third kappa shape index (κ3) is 4.75. The fourth-order valence-electron chi connectivity index (χ4n) is 2.40. The number of rotatable bonds is 8. The van der Waals surface area contributed by atoms with Gasteiger partial charge in [0, 0.05) is 12.1 Å². The van der Waals surface area contributed by atoms with Crippen LogP contribution in [0.5, 0.6) is 5.75 Å². The first kappa shape index (κ1) is 19.1.